The number of hydrogen-bond donors (Lipinski definition) is 3. The fourth-order valence-electron chi connectivity index (χ4n) is 6.56. The quantitative estimate of drug-likeness (QED) is 0.0803. The highest BCUT2D eigenvalue weighted by atomic mass is 32.2. The number of aliphatic hydroxyl groups excluding tert-OH is 1. The molecule has 2 aromatic heterocycles. The van der Waals surface area contributed by atoms with E-state index in [-0.39, 0.29) is 42.9 Å². The van der Waals surface area contributed by atoms with Gasteiger partial charge in [-0.05, 0) is 53.1 Å². The summed E-state index contributed by atoms with van der Waals surface area (Å²) in [6.45, 7) is 10.3. The van der Waals surface area contributed by atoms with E-state index >= 15 is 0 Å². The van der Waals surface area contributed by atoms with Gasteiger partial charge in [0.15, 0.2) is 0 Å². The number of rotatable bonds is 16. The van der Waals surface area contributed by atoms with Gasteiger partial charge in [-0.3, -0.25) is 9.78 Å². The Hall–Kier alpha value is -4.70. The Morgan fingerprint density at radius 3 is 2.41 bits per heavy atom. The number of hydrogen-bond acceptors (Lipinski definition) is 10. The maximum atomic E-state index is 14.4. The van der Waals surface area contributed by atoms with Crippen molar-refractivity contribution < 1.29 is 28.3 Å². The van der Waals surface area contributed by atoms with Gasteiger partial charge in [0, 0.05) is 49.5 Å². The van der Waals surface area contributed by atoms with Gasteiger partial charge in [0.2, 0.25) is 15.9 Å². The predicted molar refractivity (Wildman–Crippen MR) is 209 cm³/mol. The summed E-state index contributed by atoms with van der Waals surface area (Å²) >= 11 is 1.48. The molecule has 1 fully saturated rings. The SMILES string of the molecule is CC(C)CN(C[C@@H](O)[C@H](Cc1ccccc1)NC(=O)C(N1CCN(Cc2csc(-c3cccnc3)n2)C1=O)C(C)(C)C)S(=O)(=O)c1ccc(/C=N/O)cc1. The van der Waals surface area contributed by atoms with Gasteiger partial charge in [-0.25, -0.2) is 18.2 Å². The zero-order valence-electron chi connectivity index (χ0n) is 31.2. The van der Waals surface area contributed by atoms with Crippen molar-refractivity contribution in [3.8, 4) is 10.6 Å². The van der Waals surface area contributed by atoms with Crippen LogP contribution in [0.2, 0.25) is 0 Å². The fourth-order valence-corrected chi connectivity index (χ4v) is 8.98. The lowest BCUT2D eigenvalue weighted by molar-refractivity contribution is -0.130. The summed E-state index contributed by atoms with van der Waals surface area (Å²) in [5.41, 5.74) is 2.31. The third kappa shape index (κ3) is 10.1. The Morgan fingerprint density at radius 2 is 1.78 bits per heavy atom. The zero-order chi connectivity index (χ0) is 39.0. The normalized spacial score (nSPS) is 15.7. The van der Waals surface area contributed by atoms with Crippen LogP contribution in [0, 0.1) is 11.3 Å². The third-order valence-electron chi connectivity index (χ3n) is 9.10. The van der Waals surface area contributed by atoms with E-state index < -0.39 is 39.5 Å². The molecule has 5 rings (SSSR count). The molecule has 288 valence electrons. The van der Waals surface area contributed by atoms with Crippen molar-refractivity contribution in [1.82, 2.24) is 29.4 Å². The minimum atomic E-state index is -4.08. The van der Waals surface area contributed by atoms with Crippen LogP contribution in [-0.4, -0.2) is 105 Å². The van der Waals surface area contributed by atoms with Crippen LogP contribution in [0.3, 0.4) is 0 Å². The van der Waals surface area contributed by atoms with Crippen LogP contribution in [0.1, 0.15) is 51.4 Å². The molecule has 4 aromatic rings. The van der Waals surface area contributed by atoms with E-state index in [2.05, 4.69) is 15.5 Å². The van der Waals surface area contributed by atoms with Crippen LogP contribution in [0.4, 0.5) is 4.79 Å². The molecule has 0 spiro atoms. The molecule has 2 aromatic carbocycles. The number of nitrogens with one attached hydrogen (secondary N) is 1. The molecular weight excluding hydrogens is 727 g/mol. The third-order valence-corrected chi connectivity index (χ3v) is 11.9. The Morgan fingerprint density at radius 1 is 1.06 bits per heavy atom. The summed E-state index contributed by atoms with van der Waals surface area (Å²) in [5, 5.41) is 29.5. The first-order valence-corrected chi connectivity index (χ1v) is 20.2. The second kappa shape index (κ2) is 17.6. The van der Waals surface area contributed by atoms with Crippen LogP contribution in [0.15, 0.2) is 94.6 Å². The largest absolute Gasteiger partial charge is 0.411 e. The number of carbonyl (C=O) groups is 2. The maximum Gasteiger partial charge on any atom is 0.321 e. The fraction of sp³-hybridized carbons (Fsp3) is 0.410. The Labute approximate surface area is 321 Å². The summed E-state index contributed by atoms with van der Waals surface area (Å²) in [4.78, 5) is 40.5. The summed E-state index contributed by atoms with van der Waals surface area (Å²) in [6.07, 6.45) is 3.55. The number of amides is 3. The summed E-state index contributed by atoms with van der Waals surface area (Å²) < 4.78 is 29.1. The summed E-state index contributed by atoms with van der Waals surface area (Å²) in [7, 11) is -4.08. The lowest BCUT2D eigenvalue weighted by atomic mass is 9.84. The molecule has 15 heteroatoms. The van der Waals surface area contributed by atoms with Crippen molar-refractivity contribution in [3.63, 3.8) is 0 Å². The topological polar surface area (TPSA) is 169 Å². The summed E-state index contributed by atoms with van der Waals surface area (Å²) in [5.74, 6) is -0.514. The standard InChI is InChI=1S/C39H49N7O6S2/c1-27(2)23-45(54(51,52)32-15-13-29(14-16-32)21-41-50)25-34(47)33(20-28-10-7-6-8-11-28)43-36(48)35(39(3,4)5)46-19-18-44(38(46)49)24-31-26-53-37(42-31)30-12-9-17-40-22-30/h6-17,21-22,26-27,33-35,47,50H,18-20,23-25H2,1-5H3,(H,43,48)/b41-21+/t33-,34+,35?/m0/s1. The predicted octanol–water partition coefficient (Wildman–Crippen LogP) is 5.10. The number of urea groups is 1. The van der Waals surface area contributed by atoms with E-state index in [1.54, 1.807) is 22.2 Å². The molecular formula is C39H49N7O6S2. The number of pyridine rings is 1. The smallest absolute Gasteiger partial charge is 0.321 e. The number of aromatic nitrogens is 2. The van der Waals surface area contributed by atoms with E-state index in [4.69, 9.17) is 10.2 Å². The van der Waals surface area contributed by atoms with E-state index in [1.807, 2.05) is 82.5 Å². The van der Waals surface area contributed by atoms with Crippen molar-refractivity contribution in [1.29, 1.82) is 0 Å². The molecule has 1 saturated heterocycles. The van der Waals surface area contributed by atoms with Crippen molar-refractivity contribution in [2.45, 2.75) is 70.7 Å². The molecule has 3 heterocycles. The number of sulfonamides is 1. The first-order valence-electron chi connectivity index (χ1n) is 17.9. The Kier molecular flexibility index (Phi) is 13.2. The maximum absolute atomic E-state index is 14.4. The Balaban J connectivity index is 1.36. The first kappa shape index (κ1) is 40.5. The van der Waals surface area contributed by atoms with E-state index in [0.717, 1.165) is 21.8 Å². The Bertz CT molecular complexity index is 1980. The highest BCUT2D eigenvalue weighted by Gasteiger charge is 2.44. The highest BCUT2D eigenvalue weighted by molar-refractivity contribution is 7.89. The second-order valence-corrected chi connectivity index (χ2v) is 17.7. The van der Waals surface area contributed by atoms with Crippen LogP contribution in [0.25, 0.3) is 10.6 Å². The van der Waals surface area contributed by atoms with Gasteiger partial charge < -0.3 is 25.4 Å². The molecule has 1 aliphatic heterocycles. The lowest BCUT2D eigenvalue weighted by Gasteiger charge is -2.38. The molecule has 0 aliphatic carbocycles. The molecule has 0 radical (unpaired) electrons. The molecule has 3 N–H and O–H groups in total. The monoisotopic (exact) mass is 775 g/mol. The van der Waals surface area contributed by atoms with Crippen LogP contribution >= 0.6 is 11.3 Å². The number of thiazole rings is 1. The van der Waals surface area contributed by atoms with Gasteiger partial charge in [-0.1, -0.05) is 82.2 Å². The van der Waals surface area contributed by atoms with Crippen LogP contribution in [0.5, 0.6) is 0 Å². The number of aliphatic hydroxyl groups is 1. The molecule has 1 aliphatic rings. The number of oxime groups is 1. The minimum absolute atomic E-state index is 0.0185. The van der Waals surface area contributed by atoms with Crippen LogP contribution < -0.4 is 5.32 Å². The molecule has 13 nitrogen and oxygen atoms in total. The van der Waals surface area contributed by atoms with Gasteiger partial charge in [-0.15, -0.1) is 11.3 Å². The van der Waals surface area contributed by atoms with E-state index in [9.17, 15) is 23.1 Å². The van der Waals surface area contributed by atoms with Gasteiger partial charge in [0.1, 0.15) is 11.0 Å². The molecule has 54 heavy (non-hydrogen) atoms. The molecule has 3 atom stereocenters. The molecule has 3 amide bonds. The highest BCUT2D eigenvalue weighted by Crippen LogP contribution is 2.30. The second-order valence-electron chi connectivity index (χ2n) is 15.0. The van der Waals surface area contributed by atoms with Gasteiger partial charge in [0.25, 0.3) is 0 Å². The minimum Gasteiger partial charge on any atom is -0.411 e. The number of carbonyl (C=O) groups excluding carboxylic acids is 2. The summed E-state index contributed by atoms with van der Waals surface area (Å²) in [6, 6.07) is 17.0. The lowest BCUT2D eigenvalue weighted by Crippen LogP contribution is -2.59. The number of benzene rings is 2. The van der Waals surface area contributed by atoms with Gasteiger partial charge in [0.05, 0.1) is 35.5 Å². The van der Waals surface area contributed by atoms with Crippen LogP contribution in [-0.2, 0) is 27.8 Å². The average Bonchev–Trinajstić information content (AvgIpc) is 3.74. The molecule has 0 bridgehead atoms. The number of nitrogens with zero attached hydrogens (tertiary/aromatic N) is 6. The van der Waals surface area contributed by atoms with Crippen molar-refractivity contribution in [3.05, 3.63) is 101 Å². The van der Waals surface area contributed by atoms with Crippen molar-refractivity contribution in [2.75, 3.05) is 26.2 Å². The van der Waals surface area contributed by atoms with Crippen molar-refractivity contribution in [2.24, 2.45) is 16.5 Å². The molecule has 1 unspecified atom stereocenters. The average molecular weight is 776 g/mol. The van der Waals surface area contributed by atoms with Gasteiger partial charge >= 0.3 is 6.03 Å². The van der Waals surface area contributed by atoms with E-state index in [1.165, 1.54) is 46.1 Å². The first-order chi connectivity index (χ1) is 25.7. The van der Waals surface area contributed by atoms with Gasteiger partial charge in [-0.2, -0.15) is 4.31 Å². The zero-order valence-corrected chi connectivity index (χ0v) is 32.9. The molecule has 0 saturated carbocycles. The van der Waals surface area contributed by atoms with Crippen molar-refractivity contribution >= 4 is 39.5 Å². The van der Waals surface area contributed by atoms with E-state index in [0.29, 0.717) is 18.7 Å².